The first kappa shape index (κ1) is 17.7. The normalized spacial score (nSPS) is 11.3. The van der Waals surface area contributed by atoms with Crippen LogP contribution in [-0.2, 0) is 0 Å². The Kier molecular flexibility index (Phi) is 6.54. The second kappa shape index (κ2) is 8.86. The van der Waals surface area contributed by atoms with Crippen molar-refractivity contribution in [2.45, 2.75) is 13.0 Å². The van der Waals surface area contributed by atoms with Crippen LogP contribution in [0.3, 0.4) is 0 Å². The Balaban J connectivity index is 0.000000368. The highest BCUT2D eigenvalue weighted by Gasteiger charge is 2.03. The molecular formula is C19H23N3O2. The molecule has 1 aromatic heterocycles. The maximum Gasteiger partial charge on any atom is 0.121 e. The number of hydrogen-bond donors (Lipinski definition) is 3. The number of para-hydroxylation sites is 1. The van der Waals surface area contributed by atoms with Gasteiger partial charge >= 0.3 is 0 Å². The largest absolute Gasteiger partial charge is 0.497 e. The van der Waals surface area contributed by atoms with Crippen LogP contribution in [0, 0.1) is 0 Å². The summed E-state index contributed by atoms with van der Waals surface area (Å²) in [6.45, 7) is 2.01. The van der Waals surface area contributed by atoms with Crippen molar-refractivity contribution in [3.05, 3.63) is 60.8 Å². The van der Waals surface area contributed by atoms with E-state index >= 15 is 0 Å². The molecule has 1 heterocycles. The molecule has 1 unspecified atom stereocenters. The summed E-state index contributed by atoms with van der Waals surface area (Å²) in [5.74, 6) is 0.817. The monoisotopic (exact) mass is 325 g/mol. The van der Waals surface area contributed by atoms with Crippen molar-refractivity contribution in [2.75, 3.05) is 19.0 Å². The Morgan fingerprint density at radius 2 is 1.88 bits per heavy atom. The lowest BCUT2D eigenvalue weighted by Gasteiger charge is -2.10. The van der Waals surface area contributed by atoms with Gasteiger partial charge in [0.2, 0.25) is 0 Å². The van der Waals surface area contributed by atoms with Gasteiger partial charge in [0.05, 0.1) is 18.7 Å². The topological polar surface area (TPSA) is 80.4 Å². The third kappa shape index (κ3) is 4.94. The van der Waals surface area contributed by atoms with Gasteiger partial charge in [0.1, 0.15) is 5.75 Å². The number of benzene rings is 2. The first-order chi connectivity index (χ1) is 11.6. The van der Waals surface area contributed by atoms with Crippen LogP contribution in [0.25, 0.3) is 10.9 Å². The number of hydrogen-bond acceptors (Lipinski definition) is 5. The summed E-state index contributed by atoms with van der Waals surface area (Å²) >= 11 is 0. The Labute approximate surface area is 142 Å². The zero-order valence-corrected chi connectivity index (χ0v) is 13.9. The molecule has 0 spiro atoms. The molecular weight excluding hydrogens is 302 g/mol. The number of rotatable bonds is 4. The molecule has 0 saturated heterocycles. The number of methoxy groups -OCH3 is 1. The number of ether oxygens (including phenoxy) is 1. The van der Waals surface area contributed by atoms with E-state index in [1.165, 1.54) is 0 Å². The van der Waals surface area contributed by atoms with E-state index in [2.05, 4.69) is 10.3 Å². The van der Waals surface area contributed by atoms with Gasteiger partial charge in [0.25, 0.3) is 0 Å². The number of nitrogens with one attached hydrogen (secondary N) is 1. The van der Waals surface area contributed by atoms with Gasteiger partial charge in [-0.25, -0.2) is 0 Å². The summed E-state index contributed by atoms with van der Waals surface area (Å²) in [7, 11) is 1.66. The van der Waals surface area contributed by atoms with Gasteiger partial charge in [-0.2, -0.15) is 0 Å². The molecule has 126 valence electrons. The number of nitrogens with two attached hydrogens (primary N) is 1. The van der Waals surface area contributed by atoms with Crippen molar-refractivity contribution in [1.29, 1.82) is 0 Å². The summed E-state index contributed by atoms with van der Waals surface area (Å²) in [5, 5.41) is 12.7. The molecule has 0 bridgehead atoms. The first-order valence-electron chi connectivity index (χ1n) is 7.77. The van der Waals surface area contributed by atoms with Gasteiger partial charge in [-0.3, -0.25) is 4.98 Å². The van der Waals surface area contributed by atoms with Crippen LogP contribution < -0.4 is 15.8 Å². The van der Waals surface area contributed by atoms with Gasteiger partial charge in [-0.05, 0) is 37.3 Å². The van der Waals surface area contributed by atoms with Crippen molar-refractivity contribution in [3.63, 3.8) is 0 Å². The van der Waals surface area contributed by atoms with Gasteiger partial charge in [-0.1, -0.05) is 18.2 Å². The van der Waals surface area contributed by atoms with Gasteiger partial charge in [0, 0.05) is 35.6 Å². The third-order valence-corrected chi connectivity index (χ3v) is 3.34. The van der Waals surface area contributed by atoms with Crippen LogP contribution in [0.15, 0.2) is 60.8 Å². The van der Waals surface area contributed by atoms with Gasteiger partial charge < -0.3 is 20.9 Å². The Bertz CT molecular complexity index is 761. The molecule has 4 N–H and O–H groups in total. The molecule has 0 aliphatic heterocycles. The van der Waals surface area contributed by atoms with Crippen LogP contribution in [-0.4, -0.2) is 29.8 Å². The Hall–Kier alpha value is -2.63. The highest BCUT2D eigenvalue weighted by Crippen LogP contribution is 2.27. The molecule has 24 heavy (non-hydrogen) atoms. The minimum Gasteiger partial charge on any atom is -0.497 e. The predicted molar refractivity (Wildman–Crippen MR) is 98.8 cm³/mol. The van der Waals surface area contributed by atoms with Crippen LogP contribution in [0.1, 0.15) is 6.92 Å². The van der Waals surface area contributed by atoms with E-state index < -0.39 is 0 Å². The van der Waals surface area contributed by atoms with E-state index in [4.69, 9.17) is 15.6 Å². The van der Waals surface area contributed by atoms with Crippen LogP contribution in [0.4, 0.5) is 11.4 Å². The second-order valence-corrected chi connectivity index (χ2v) is 5.32. The second-order valence-electron chi connectivity index (χ2n) is 5.32. The molecule has 0 amide bonds. The number of nitrogens with zero attached hydrogens (tertiary/aromatic N) is 1. The molecule has 0 radical (unpaired) electrons. The molecule has 3 aromatic rings. The minimum absolute atomic E-state index is 0.338. The van der Waals surface area contributed by atoms with E-state index in [0.717, 1.165) is 28.0 Å². The number of aliphatic hydroxyl groups is 1. The smallest absolute Gasteiger partial charge is 0.121 e. The quantitative estimate of drug-likeness (QED) is 0.686. The molecule has 0 aliphatic carbocycles. The van der Waals surface area contributed by atoms with E-state index in [1.54, 1.807) is 20.2 Å². The predicted octanol–water partition coefficient (Wildman–Crippen LogP) is 3.31. The SMILES string of the molecule is CC(O)CN.COc1ccc2c(Nc3ccccc3)ccnc2c1. The minimum atomic E-state index is -0.338. The van der Waals surface area contributed by atoms with Crippen LogP contribution in [0.2, 0.25) is 0 Å². The van der Waals surface area contributed by atoms with E-state index in [1.807, 2.05) is 54.6 Å². The molecule has 3 rings (SSSR count). The highest BCUT2D eigenvalue weighted by atomic mass is 16.5. The third-order valence-electron chi connectivity index (χ3n) is 3.34. The number of aliphatic hydroxyl groups excluding tert-OH is 1. The van der Waals surface area contributed by atoms with Gasteiger partial charge in [0.15, 0.2) is 0 Å². The average molecular weight is 325 g/mol. The maximum atomic E-state index is 8.24. The molecule has 0 fully saturated rings. The molecule has 2 aromatic carbocycles. The average Bonchev–Trinajstić information content (AvgIpc) is 2.63. The fourth-order valence-electron chi connectivity index (χ4n) is 2.04. The van der Waals surface area contributed by atoms with Crippen molar-refractivity contribution in [3.8, 4) is 5.75 Å². The molecule has 0 aliphatic rings. The zero-order chi connectivity index (χ0) is 17.4. The summed E-state index contributed by atoms with van der Waals surface area (Å²) in [6.07, 6.45) is 1.46. The number of aromatic nitrogens is 1. The first-order valence-corrected chi connectivity index (χ1v) is 7.77. The van der Waals surface area contributed by atoms with Crippen molar-refractivity contribution >= 4 is 22.3 Å². The van der Waals surface area contributed by atoms with Crippen LogP contribution >= 0.6 is 0 Å². The van der Waals surface area contributed by atoms with Gasteiger partial charge in [-0.15, -0.1) is 0 Å². The molecule has 5 nitrogen and oxygen atoms in total. The van der Waals surface area contributed by atoms with Crippen molar-refractivity contribution in [2.24, 2.45) is 5.73 Å². The standard InChI is InChI=1S/C16H14N2O.C3H9NO/c1-19-13-7-8-14-15(9-10-17-16(14)11-13)18-12-5-3-2-4-6-12;1-3(5)2-4/h2-11H,1H3,(H,17,18);3,5H,2,4H2,1H3. The Morgan fingerprint density at radius 1 is 1.17 bits per heavy atom. The fraction of sp³-hybridized carbons (Fsp3) is 0.211. The lowest BCUT2D eigenvalue weighted by Crippen LogP contribution is -2.14. The van der Waals surface area contributed by atoms with Crippen molar-refractivity contribution in [1.82, 2.24) is 4.98 Å². The molecule has 0 saturated carbocycles. The maximum absolute atomic E-state index is 8.24. The molecule has 5 heteroatoms. The Morgan fingerprint density at radius 3 is 2.50 bits per heavy atom. The summed E-state index contributed by atoms with van der Waals surface area (Å²) < 4.78 is 5.22. The fourth-order valence-corrected chi connectivity index (χ4v) is 2.04. The van der Waals surface area contributed by atoms with E-state index in [-0.39, 0.29) is 6.10 Å². The summed E-state index contributed by atoms with van der Waals surface area (Å²) in [4.78, 5) is 4.37. The number of pyridine rings is 1. The van der Waals surface area contributed by atoms with Crippen molar-refractivity contribution < 1.29 is 9.84 Å². The van der Waals surface area contributed by atoms with Crippen LogP contribution in [0.5, 0.6) is 5.75 Å². The summed E-state index contributed by atoms with van der Waals surface area (Å²) in [6, 6.07) is 18.0. The summed E-state index contributed by atoms with van der Waals surface area (Å²) in [5.41, 5.74) is 7.94. The zero-order valence-electron chi connectivity index (χ0n) is 13.9. The molecule has 1 atom stereocenters. The van der Waals surface area contributed by atoms with E-state index in [0.29, 0.717) is 6.54 Å². The highest BCUT2D eigenvalue weighted by molar-refractivity contribution is 5.93. The number of anilines is 2. The number of fused-ring (bicyclic) bond motifs is 1. The lowest BCUT2D eigenvalue weighted by molar-refractivity contribution is 0.203. The van der Waals surface area contributed by atoms with E-state index in [9.17, 15) is 0 Å². The lowest BCUT2D eigenvalue weighted by atomic mass is 10.1.